The number of aromatic amines is 1. The summed E-state index contributed by atoms with van der Waals surface area (Å²) < 4.78 is 11.4. The fourth-order valence-corrected chi connectivity index (χ4v) is 5.10. The molecular formula is C29H40N4O6. The van der Waals surface area contributed by atoms with Crippen molar-refractivity contribution in [3.8, 4) is 6.01 Å². The van der Waals surface area contributed by atoms with Gasteiger partial charge in [-0.3, -0.25) is 9.59 Å². The normalized spacial score (nSPS) is 19.6. The van der Waals surface area contributed by atoms with E-state index < -0.39 is 5.97 Å². The number of aryl methyl sites for hydroxylation is 1. The Morgan fingerprint density at radius 1 is 1.21 bits per heavy atom. The molecule has 3 aromatic rings. The molecule has 0 radical (unpaired) electrons. The predicted octanol–water partition coefficient (Wildman–Crippen LogP) is 4.11. The fraction of sp³-hybridized carbons (Fsp3) is 0.517. The number of carboxylic acids is 1. The minimum atomic E-state index is -0.602. The van der Waals surface area contributed by atoms with E-state index >= 15 is 0 Å². The molecular weight excluding hydrogens is 500 g/mol. The number of nitrogens with zero attached hydrogens (tertiary/aromatic N) is 3. The van der Waals surface area contributed by atoms with Crippen LogP contribution in [0, 0.1) is 5.92 Å². The second-order valence-electron chi connectivity index (χ2n) is 9.64. The summed E-state index contributed by atoms with van der Waals surface area (Å²) in [6.45, 7) is 6.01. The number of ether oxygens (including phenoxy) is 1. The lowest BCUT2D eigenvalue weighted by Crippen LogP contribution is -2.33. The number of hydrogen-bond donors (Lipinski definition) is 3. The van der Waals surface area contributed by atoms with Gasteiger partial charge in [-0.05, 0) is 56.9 Å². The number of hydrogen-bond acceptors (Lipinski definition) is 7. The van der Waals surface area contributed by atoms with Crippen LogP contribution in [0.2, 0.25) is 0 Å². The molecule has 212 valence electrons. The molecule has 0 saturated heterocycles. The molecule has 1 fully saturated rings. The monoisotopic (exact) mass is 540 g/mol. The topological polar surface area (TPSA) is 142 Å². The number of carboxylic acid groups (broad SMARTS) is 2. The summed E-state index contributed by atoms with van der Waals surface area (Å²) in [6.07, 6.45) is 13.5. The molecule has 10 nitrogen and oxygen atoms in total. The lowest BCUT2D eigenvalue weighted by atomic mass is 9.90. The van der Waals surface area contributed by atoms with Gasteiger partial charge in [0.15, 0.2) is 11.8 Å². The molecule has 3 N–H and O–H groups in total. The van der Waals surface area contributed by atoms with Gasteiger partial charge in [-0.25, -0.2) is 4.98 Å². The van der Waals surface area contributed by atoms with Crippen molar-refractivity contribution in [3.63, 3.8) is 0 Å². The number of oxazole rings is 1. The highest BCUT2D eigenvalue weighted by molar-refractivity contribution is 5.86. The lowest BCUT2D eigenvalue weighted by Gasteiger charge is -2.33. The zero-order valence-electron chi connectivity index (χ0n) is 23.2. The maximum Gasteiger partial charge on any atom is 0.306 e. The summed E-state index contributed by atoms with van der Waals surface area (Å²) in [6, 6.07) is 5.39. The van der Waals surface area contributed by atoms with Gasteiger partial charge >= 0.3 is 5.97 Å². The number of fused-ring (bicyclic) bond motifs is 4. The Labute approximate surface area is 228 Å². The number of anilines is 1. The van der Waals surface area contributed by atoms with Crippen molar-refractivity contribution < 1.29 is 29.0 Å². The van der Waals surface area contributed by atoms with Crippen molar-refractivity contribution in [2.24, 2.45) is 5.92 Å². The van der Waals surface area contributed by atoms with Crippen LogP contribution in [0.15, 0.2) is 22.9 Å². The van der Waals surface area contributed by atoms with E-state index in [1.54, 1.807) is 0 Å². The first kappa shape index (κ1) is 29.7. The van der Waals surface area contributed by atoms with E-state index in [0.717, 1.165) is 66.7 Å². The number of H-pyrrole nitrogens is 1. The highest BCUT2D eigenvalue weighted by Gasteiger charge is 2.24. The van der Waals surface area contributed by atoms with Crippen LogP contribution in [-0.4, -0.2) is 56.8 Å². The van der Waals surface area contributed by atoms with E-state index in [9.17, 15) is 4.79 Å². The number of aliphatic carboxylic acids is 1. The van der Waals surface area contributed by atoms with Gasteiger partial charge in [-0.2, -0.15) is 4.98 Å². The fourth-order valence-electron chi connectivity index (χ4n) is 5.10. The van der Waals surface area contributed by atoms with E-state index in [-0.39, 0.29) is 18.5 Å². The Morgan fingerprint density at radius 2 is 1.92 bits per heavy atom. The van der Waals surface area contributed by atoms with Crippen molar-refractivity contribution in [1.82, 2.24) is 15.0 Å². The zero-order valence-corrected chi connectivity index (χ0v) is 23.2. The van der Waals surface area contributed by atoms with Gasteiger partial charge in [0.05, 0.1) is 17.0 Å². The first-order valence-corrected chi connectivity index (χ1v) is 13.7. The Bertz CT molecular complexity index is 1340. The molecule has 39 heavy (non-hydrogen) atoms. The van der Waals surface area contributed by atoms with Gasteiger partial charge in [0.1, 0.15) is 11.5 Å². The third-order valence-corrected chi connectivity index (χ3v) is 7.29. The Kier molecular flexibility index (Phi) is 11.0. The highest BCUT2D eigenvalue weighted by atomic mass is 16.5. The number of imidazole rings is 1. The number of rotatable bonds is 3. The van der Waals surface area contributed by atoms with E-state index in [4.69, 9.17) is 29.1 Å². The van der Waals surface area contributed by atoms with E-state index in [2.05, 4.69) is 41.0 Å². The molecule has 2 unspecified atom stereocenters. The van der Waals surface area contributed by atoms with E-state index in [0.29, 0.717) is 12.1 Å². The van der Waals surface area contributed by atoms with Crippen LogP contribution in [0.3, 0.4) is 0 Å². The molecule has 1 aliphatic heterocycles. The minimum Gasteiger partial charge on any atom is -0.483 e. The second kappa shape index (κ2) is 14.4. The van der Waals surface area contributed by atoms with Crippen LogP contribution in [-0.2, 0) is 16.0 Å². The Hall–Kier alpha value is -3.82. The number of benzene rings is 1. The average Bonchev–Trinajstić information content (AvgIpc) is 3.59. The van der Waals surface area contributed by atoms with E-state index in [1.165, 1.54) is 24.1 Å². The predicted molar refractivity (Wildman–Crippen MR) is 150 cm³/mol. The molecule has 1 aromatic carbocycles. The maximum atomic E-state index is 10.4. The van der Waals surface area contributed by atoms with Gasteiger partial charge in [-0.15, -0.1) is 0 Å². The molecule has 10 heteroatoms. The SMILES string of the molecule is CC.CC1CCc2c(ccc3[nH]c(OC4C=c5ncoc5=CC4)nc23)N1C.O=C(O)C1CCCCC1.O=CO. The lowest BCUT2D eigenvalue weighted by molar-refractivity contribution is -0.142. The molecule has 2 atom stereocenters. The van der Waals surface area contributed by atoms with Gasteiger partial charge in [0, 0.05) is 30.8 Å². The van der Waals surface area contributed by atoms with Crippen molar-refractivity contribution in [1.29, 1.82) is 0 Å². The summed E-state index contributed by atoms with van der Waals surface area (Å²) in [5, 5.41) is 16.3. The molecule has 0 amide bonds. The van der Waals surface area contributed by atoms with Crippen LogP contribution in [0.5, 0.6) is 6.01 Å². The summed E-state index contributed by atoms with van der Waals surface area (Å²) in [5.41, 5.74) is 5.44. The number of carbonyl (C=O) groups is 2. The molecule has 1 saturated carbocycles. The Balaban J connectivity index is 0.000000252. The van der Waals surface area contributed by atoms with Crippen molar-refractivity contribution >= 4 is 41.3 Å². The summed E-state index contributed by atoms with van der Waals surface area (Å²) in [7, 11) is 2.15. The highest BCUT2D eigenvalue weighted by Crippen LogP contribution is 2.35. The van der Waals surface area contributed by atoms with Crippen LogP contribution < -0.4 is 20.4 Å². The summed E-state index contributed by atoms with van der Waals surface area (Å²) in [5.74, 6) is -0.631. The van der Waals surface area contributed by atoms with Crippen molar-refractivity contribution in [3.05, 3.63) is 34.9 Å². The van der Waals surface area contributed by atoms with E-state index in [1.807, 2.05) is 26.0 Å². The number of nitrogens with one attached hydrogen (secondary N) is 1. The molecule has 3 aliphatic rings. The molecule has 6 rings (SSSR count). The molecule has 2 aliphatic carbocycles. The van der Waals surface area contributed by atoms with Crippen LogP contribution in [0.25, 0.3) is 23.2 Å². The summed E-state index contributed by atoms with van der Waals surface area (Å²) in [4.78, 5) is 33.3. The second-order valence-corrected chi connectivity index (χ2v) is 9.64. The average molecular weight is 541 g/mol. The van der Waals surface area contributed by atoms with Gasteiger partial charge in [-0.1, -0.05) is 33.1 Å². The molecule has 0 bridgehead atoms. The molecule has 2 aromatic heterocycles. The number of aromatic nitrogens is 3. The minimum absolute atomic E-state index is 0.0289. The van der Waals surface area contributed by atoms with Crippen molar-refractivity contribution in [2.75, 3.05) is 11.9 Å². The summed E-state index contributed by atoms with van der Waals surface area (Å²) >= 11 is 0. The Morgan fingerprint density at radius 3 is 2.59 bits per heavy atom. The first-order valence-electron chi connectivity index (χ1n) is 13.7. The standard InChI is InChI=1S/C19H20N4O2.C7H12O2.C2H6.CH2O2/c1-11-3-5-13-16(23(11)2)7-6-14-18(13)22-19(21-14)25-12-4-8-17-15(9-12)20-10-24-17;8-7(9)6-4-2-1-3-5-6;1-2;2-1-3/h6-12H,3-5H2,1-2H3,(H,21,22);6H,1-5H2,(H,8,9);1-2H3;1H,(H,2,3). The smallest absolute Gasteiger partial charge is 0.306 e. The van der Waals surface area contributed by atoms with Crippen LogP contribution >= 0.6 is 0 Å². The van der Waals surface area contributed by atoms with Crippen LogP contribution in [0.1, 0.15) is 71.3 Å². The molecule has 3 heterocycles. The third kappa shape index (κ3) is 7.40. The maximum absolute atomic E-state index is 10.4. The van der Waals surface area contributed by atoms with Crippen molar-refractivity contribution in [2.45, 2.75) is 84.3 Å². The zero-order chi connectivity index (χ0) is 28.4. The van der Waals surface area contributed by atoms with Crippen LogP contribution in [0.4, 0.5) is 5.69 Å². The van der Waals surface area contributed by atoms with Gasteiger partial charge < -0.3 is 29.3 Å². The van der Waals surface area contributed by atoms with Gasteiger partial charge in [0.25, 0.3) is 12.5 Å². The first-order chi connectivity index (χ1) is 18.9. The van der Waals surface area contributed by atoms with Gasteiger partial charge in [0.2, 0.25) is 0 Å². The quantitative estimate of drug-likeness (QED) is 0.418. The largest absolute Gasteiger partial charge is 0.483 e. The molecule has 0 spiro atoms. The third-order valence-electron chi connectivity index (χ3n) is 7.29.